The summed E-state index contributed by atoms with van der Waals surface area (Å²) in [4.78, 5) is 25.0. The Morgan fingerprint density at radius 1 is 1.44 bits per heavy atom. The van der Waals surface area contributed by atoms with Gasteiger partial charge in [0.1, 0.15) is 6.04 Å². The van der Waals surface area contributed by atoms with E-state index in [1.54, 1.807) is 0 Å². The van der Waals surface area contributed by atoms with E-state index in [0.717, 1.165) is 19.4 Å². The molecule has 2 unspecified atom stereocenters. The molecular weight excluding hydrogens is 236 g/mol. The molecule has 0 aromatic rings. The third-order valence-electron chi connectivity index (χ3n) is 3.94. The molecule has 3 N–H and O–H groups in total. The summed E-state index contributed by atoms with van der Waals surface area (Å²) in [6.07, 6.45) is 1.08. The molecule has 18 heavy (non-hydrogen) atoms. The fourth-order valence-electron chi connectivity index (χ4n) is 2.86. The number of amides is 1. The molecular formula is C12H20N2O4. The highest BCUT2D eigenvalue weighted by atomic mass is 16.4. The minimum atomic E-state index is -1.03. The number of nitrogens with zero attached hydrogens (tertiary/aromatic N) is 1. The first-order valence-electron chi connectivity index (χ1n) is 6.37. The van der Waals surface area contributed by atoms with Crippen molar-refractivity contribution in [3.05, 3.63) is 0 Å². The zero-order valence-electron chi connectivity index (χ0n) is 10.6. The van der Waals surface area contributed by atoms with E-state index < -0.39 is 23.5 Å². The van der Waals surface area contributed by atoms with Crippen LogP contribution in [0.2, 0.25) is 0 Å². The predicted octanol–water partition coefficient (Wildman–Crippen LogP) is -0.577. The number of carbonyl (C=O) groups excluding carboxylic acids is 1. The second-order valence-corrected chi connectivity index (χ2v) is 5.54. The predicted molar refractivity (Wildman–Crippen MR) is 64.0 cm³/mol. The Labute approximate surface area is 106 Å². The van der Waals surface area contributed by atoms with E-state index in [1.807, 2.05) is 6.92 Å². The zero-order chi connectivity index (χ0) is 13.3. The summed E-state index contributed by atoms with van der Waals surface area (Å²) >= 11 is 0. The molecule has 0 aliphatic carbocycles. The van der Waals surface area contributed by atoms with Crippen molar-refractivity contribution < 1.29 is 19.8 Å². The number of aliphatic hydroxyl groups is 1. The molecule has 0 aromatic carbocycles. The molecule has 0 saturated carbocycles. The molecule has 2 aliphatic heterocycles. The number of carbonyl (C=O) groups is 2. The van der Waals surface area contributed by atoms with E-state index in [2.05, 4.69) is 5.32 Å². The van der Waals surface area contributed by atoms with E-state index in [0.29, 0.717) is 6.54 Å². The van der Waals surface area contributed by atoms with Gasteiger partial charge in [0.05, 0.1) is 11.5 Å². The van der Waals surface area contributed by atoms with Crippen LogP contribution in [0.25, 0.3) is 0 Å². The Balaban J connectivity index is 2.14. The highest BCUT2D eigenvalue weighted by Gasteiger charge is 2.45. The van der Waals surface area contributed by atoms with E-state index in [9.17, 15) is 14.7 Å². The fourth-order valence-corrected chi connectivity index (χ4v) is 2.86. The number of aliphatic carboxylic acids is 1. The van der Waals surface area contributed by atoms with Crippen LogP contribution < -0.4 is 5.32 Å². The van der Waals surface area contributed by atoms with Crippen LogP contribution in [-0.2, 0) is 9.59 Å². The molecule has 0 aromatic heterocycles. The lowest BCUT2D eigenvalue weighted by Gasteiger charge is -2.37. The molecule has 2 saturated heterocycles. The lowest BCUT2D eigenvalue weighted by molar-refractivity contribution is -0.153. The Morgan fingerprint density at radius 2 is 2.17 bits per heavy atom. The Hall–Kier alpha value is -1.14. The summed E-state index contributed by atoms with van der Waals surface area (Å²) in [5.41, 5.74) is -0.546. The SMILES string of the molecule is CC1(C(=O)N2CC(O)C[C@H]2C(=O)O)CCCNC1. The number of piperidine rings is 1. The highest BCUT2D eigenvalue weighted by molar-refractivity contribution is 5.88. The van der Waals surface area contributed by atoms with Gasteiger partial charge in [0.25, 0.3) is 0 Å². The third kappa shape index (κ3) is 2.35. The van der Waals surface area contributed by atoms with Gasteiger partial charge < -0.3 is 20.4 Å². The zero-order valence-corrected chi connectivity index (χ0v) is 10.6. The standard InChI is InChI=1S/C12H20N2O4/c1-12(3-2-4-13-7-12)11(18)14-6-8(15)5-9(14)10(16)17/h8-9,13,15H,2-7H2,1H3,(H,16,17)/t8?,9-,12?/m0/s1. The second kappa shape index (κ2) is 4.85. The van der Waals surface area contributed by atoms with Gasteiger partial charge in [-0.15, -0.1) is 0 Å². The van der Waals surface area contributed by atoms with Crippen LogP contribution in [0, 0.1) is 5.41 Å². The lowest BCUT2D eigenvalue weighted by atomic mass is 9.81. The molecule has 2 fully saturated rings. The Bertz CT molecular complexity index is 352. The van der Waals surface area contributed by atoms with E-state index >= 15 is 0 Å². The molecule has 2 rings (SSSR count). The smallest absolute Gasteiger partial charge is 0.326 e. The number of carboxylic acids is 1. The molecule has 6 nitrogen and oxygen atoms in total. The maximum Gasteiger partial charge on any atom is 0.326 e. The molecule has 102 valence electrons. The van der Waals surface area contributed by atoms with Crippen LogP contribution in [0.1, 0.15) is 26.2 Å². The number of β-amino-alcohol motifs (C(OH)–C–C–N with tert-alkyl or cyclic N) is 1. The van der Waals surface area contributed by atoms with E-state index in [-0.39, 0.29) is 18.9 Å². The topological polar surface area (TPSA) is 89.9 Å². The van der Waals surface area contributed by atoms with Crippen LogP contribution in [0.3, 0.4) is 0 Å². The maximum atomic E-state index is 12.5. The lowest BCUT2D eigenvalue weighted by Crippen LogP contribution is -2.53. The van der Waals surface area contributed by atoms with Gasteiger partial charge in [0.2, 0.25) is 5.91 Å². The van der Waals surface area contributed by atoms with Gasteiger partial charge in [-0.05, 0) is 26.3 Å². The maximum absolute atomic E-state index is 12.5. The average molecular weight is 256 g/mol. The fraction of sp³-hybridized carbons (Fsp3) is 0.833. The number of hydrogen-bond acceptors (Lipinski definition) is 4. The van der Waals surface area contributed by atoms with Crippen molar-refractivity contribution in [2.45, 2.75) is 38.3 Å². The number of rotatable bonds is 2. The van der Waals surface area contributed by atoms with Crippen molar-refractivity contribution in [1.82, 2.24) is 10.2 Å². The van der Waals surface area contributed by atoms with Crippen LogP contribution in [-0.4, -0.2) is 58.8 Å². The quantitative estimate of drug-likeness (QED) is 0.615. The van der Waals surface area contributed by atoms with Gasteiger partial charge in [0.15, 0.2) is 0 Å². The molecule has 1 amide bonds. The molecule has 3 atom stereocenters. The second-order valence-electron chi connectivity index (χ2n) is 5.54. The van der Waals surface area contributed by atoms with Gasteiger partial charge in [-0.1, -0.05) is 0 Å². The summed E-state index contributed by atoms with van der Waals surface area (Å²) < 4.78 is 0. The Kier molecular flexibility index (Phi) is 3.59. The van der Waals surface area contributed by atoms with Gasteiger partial charge in [0, 0.05) is 19.5 Å². The molecule has 2 aliphatic rings. The average Bonchev–Trinajstić information content (AvgIpc) is 2.71. The first-order chi connectivity index (χ1) is 8.44. The van der Waals surface area contributed by atoms with Crippen molar-refractivity contribution in [3.63, 3.8) is 0 Å². The van der Waals surface area contributed by atoms with Crippen LogP contribution in [0.15, 0.2) is 0 Å². The number of carboxylic acid groups (broad SMARTS) is 1. The van der Waals surface area contributed by atoms with Crippen LogP contribution in [0.4, 0.5) is 0 Å². The highest BCUT2D eigenvalue weighted by Crippen LogP contribution is 2.31. The minimum absolute atomic E-state index is 0.130. The summed E-state index contributed by atoms with van der Waals surface area (Å²) in [5.74, 6) is -1.19. The normalized spacial score (nSPS) is 36.7. The minimum Gasteiger partial charge on any atom is -0.480 e. The summed E-state index contributed by atoms with van der Waals surface area (Å²) in [6.45, 7) is 3.47. The molecule has 0 spiro atoms. The van der Waals surface area contributed by atoms with Crippen LogP contribution >= 0.6 is 0 Å². The third-order valence-corrected chi connectivity index (χ3v) is 3.94. The molecule has 6 heteroatoms. The van der Waals surface area contributed by atoms with Gasteiger partial charge in [-0.25, -0.2) is 4.79 Å². The van der Waals surface area contributed by atoms with Crippen molar-refractivity contribution >= 4 is 11.9 Å². The van der Waals surface area contributed by atoms with Crippen molar-refractivity contribution in [2.75, 3.05) is 19.6 Å². The monoisotopic (exact) mass is 256 g/mol. The van der Waals surface area contributed by atoms with Gasteiger partial charge >= 0.3 is 5.97 Å². The first kappa shape index (κ1) is 13.3. The molecule has 0 radical (unpaired) electrons. The van der Waals surface area contributed by atoms with Gasteiger partial charge in [-0.3, -0.25) is 4.79 Å². The summed E-state index contributed by atoms with van der Waals surface area (Å²) in [6, 6.07) is -0.883. The number of nitrogens with one attached hydrogen (secondary N) is 1. The van der Waals surface area contributed by atoms with Crippen molar-refractivity contribution in [2.24, 2.45) is 5.41 Å². The largest absolute Gasteiger partial charge is 0.480 e. The Morgan fingerprint density at radius 3 is 2.72 bits per heavy atom. The molecule has 0 bridgehead atoms. The summed E-state index contributed by atoms with van der Waals surface area (Å²) in [7, 11) is 0. The first-order valence-corrected chi connectivity index (χ1v) is 6.37. The van der Waals surface area contributed by atoms with Gasteiger partial charge in [-0.2, -0.15) is 0 Å². The van der Waals surface area contributed by atoms with Crippen molar-refractivity contribution in [1.29, 1.82) is 0 Å². The number of likely N-dealkylation sites (tertiary alicyclic amines) is 1. The number of hydrogen-bond donors (Lipinski definition) is 3. The summed E-state index contributed by atoms with van der Waals surface area (Å²) in [5, 5.41) is 21.9. The molecule has 2 heterocycles. The van der Waals surface area contributed by atoms with Crippen LogP contribution in [0.5, 0.6) is 0 Å². The van der Waals surface area contributed by atoms with E-state index in [4.69, 9.17) is 5.11 Å². The number of aliphatic hydroxyl groups excluding tert-OH is 1. The van der Waals surface area contributed by atoms with Crippen molar-refractivity contribution in [3.8, 4) is 0 Å². The van der Waals surface area contributed by atoms with E-state index in [1.165, 1.54) is 4.90 Å².